The Balaban J connectivity index is 1.54. The van der Waals surface area contributed by atoms with Crippen molar-refractivity contribution < 1.29 is 9.59 Å². The van der Waals surface area contributed by atoms with Gasteiger partial charge in [0.05, 0.1) is 11.1 Å². The SMILES string of the molecule is NC1(C(=O)Nc2ccc3c(c2)CCN3C(=O)c2cccnc2)CC1. The van der Waals surface area contributed by atoms with E-state index in [9.17, 15) is 9.59 Å². The standard InChI is InChI=1S/C18H18N4O2/c19-18(6-7-18)17(24)21-14-3-4-15-12(10-14)5-9-22(15)16(23)13-2-1-8-20-11-13/h1-4,8,10-11H,5-7,9,19H2,(H,21,24). The fourth-order valence-electron chi connectivity index (χ4n) is 2.95. The highest BCUT2D eigenvalue weighted by Crippen LogP contribution is 2.35. The molecule has 0 radical (unpaired) electrons. The maximum absolute atomic E-state index is 12.6. The van der Waals surface area contributed by atoms with E-state index in [1.165, 1.54) is 0 Å². The predicted molar refractivity (Wildman–Crippen MR) is 90.8 cm³/mol. The molecule has 1 aromatic heterocycles. The normalized spacial score (nSPS) is 17.3. The zero-order chi connectivity index (χ0) is 16.7. The smallest absolute Gasteiger partial charge is 0.259 e. The van der Waals surface area contributed by atoms with Crippen molar-refractivity contribution in [1.29, 1.82) is 0 Å². The molecule has 1 saturated carbocycles. The fraction of sp³-hybridized carbons (Fsp3) is 0.278. The molecule has 0 unspecified atom stereocenters. The zero-order valence-corrected chi connectivity index (χ0v) is 13.2. The van der Waals surface area contributed by atoms with Crippen LogP contribution in [0.4, 0.5) is 11.4 Å². The molecule has 2 heterocycles. The highest BCUT2D eigenvalue weighted by atomic mass is 16.2. The number of nitrogens with one attached hydrogen (secondary N) is 1. The Labute approximate surface area is 139 Å². The van der Waals surface area contributed by atoms with E-state index in [1.807, 2.05) is 18.2 Å². The third kappa shape index (κ3) is 2.55. The van der Waals surface area contributed by atoms with Crippen LogP contribution in [-0.4, -0.2) is 28.9 Å². The summed E-state index contributed by atoms with van der Waals surface area (Å²) in [6.07, 6.45) is 5.45. The van der Waals surface area contributed by atoms with Crippen LogP contribution in [-0.2, 0) is 11.2 Å². The quantitative estimate of drug-likeness (QED) is 0.900. The van der Waals surface area contributed by atoms with Crippen LogP contribution < -0.4 is 16.0 Å². The lowest BCUT2D eigenvalue weighted by Gasteiger charge is -2.18. The number of fused-ring (bicyclic) bond motifs is 1. The molecule has 6 nitrogen and oxygen atoms in total. The van der Waals surface area contributed by atoms with Crippen LogP contribution in [0.3, 0.4) is 0 Å². The highest BCUT2D eigenvalue weighted by Gasteiger charge is 2.46. The fourth-order valence-corrected chi connectivity index (χ4v) is 2.95. The minimum absolute atomic E-state index is 0.0578. The van der Waals surface area contributed by atoms with Gasteiger partial charge in [-0.15, -0.1) is 0 Å². The molecule has 4 rings (SSSR count). The van der Waals surface area contributed by atoms with Crippen molar-refractivity contribution in [3.63, 3.8) is 0 Å². The Morgan fingerprint density at radius 3 is 2.79 bits per heavy atom. The lowest BCUT2D eigenvalue weighted by Crippen LogP contribution is -2.37. The van der Waals surface area contributed by atoms with Gasteiger partial charge in [-0.1, -0.05) is 0 Å². The summed E-state index contributed by atoms with van der Waals surface area (Å²) in [7, 11) is 0. The van der Waals surface area contributed by atoms with Gasteiger partial charge < -0.3 is 16.0 Å². The predicted octanol–water partition coefficient (Wildman–Crippen LogP) is 1.71. The van der Waals surface area contributed by atoms with Crippen molar-refractivity contribution in [1.82, 2.24) is 4.98 Å². The van der Waals surface area contributed by atoms with Crippen LogP contribution in [0, 0.1) is 0 Å². The molecule has 1 aliphatic heterocycles. The number of carbonyl (C=O) groups is 2. The summed E-state index contributed by atoms with van der Waals surface area (Å²) in [5.41, 5.74) is 8.44. The van der Waals surface area contributed by atoms with Crippen LogP contribution in [0.15, 0.2) is 42.7 Å². The van der Waals surface area contributed by atoms with Crippen LogP contribution in [0.25, 0.3) is 0 Å². The van der Waals surface area contributed by atoms with E-state index in [1.54, 1.807) is 29.4 Å². The van der Waals surface area contributed by atoms with Gasteiger partial charge in [0.1, 0.15) is 0 Å². The number of amides is 2. The van der Waals surface area contributed by atoms with Crippen molar-refractivity contribution >= 4 is 23.2 Å². The second kappa shape index (κ2) is 5.42. The molecular weight excluding hydrogens is 304 g/mol. The summed E-state index contributed by atoms with van der Waals surface area (Å²) in [6, 6.07) is 9.14. The van der Waals surface area contributed by atoms with Crippen LogP contribution >= 0.6 is 0 Å². The van der Waals surface area contributed by atoms with Gasteiger partial charge in [-0.25, -0.2) is 0 Å². The second-order valence-electron chi connectivity index (χ2n) is 6.40. The molecule has 1 aromatic carbocycles. The third-order valence-corrected chi connectivity index (χ3v) is 4.63. The number of carbonyl (C=O) groups excluding carboxylic acids is 2. The number of anilines is 2. The molecule has 2 amide bonds. The van der Waals surface area contributed by atoms with E-state index < -0.39 is 5.54 Å². The molecule has 0 saturated heterocycles. The zero-order valence-electron chi connectivity index (χ0n) is 13.2. The molecular formula is C18H18N4O2. The first kappa shape index (κ1) is 14.8. The Morgan fingerprint density at radius 1 is 1.25 bits per heavy atom. The number of aromatic nitrogens is 1. The molecule has 6 heteroatoms. The largest absolute Gasteiger partial charge is 0.324 e. The van der Waals surface area contributed by atoms with E-state index in [0.717, 1.165) is 36.2 Å². The van der Waals surface area contributed by atoms with Crippen molar-refractivity contribution in [2.24, 2.45) is 5.73 Å². The van der Waals surface area contributed by atoms with Gasteiger partial charge in [-0.3, -0.25) is 14.6 Å². The summed E-state index contributed by atoms with van der Waals surface area (Å²) < 4.78 is 0. The third-order valence-electron chi connectivity index (χ3n) is 4.63. The lowest BCUT2D eigenvalue weighted by atomic mass is 10.1. The van der Waals surface area contributed by atoms with Gasteiger partial charge in [0.2, 0.25) is 5.91 Å². The Bertz CT molecular complexity index is 815. The first-order valence-electron chi connectivity index (χ1n) is 8.02. The second-order valence-corrected chi connectivity index (χ2v) is 6.40. The molecule has 2 aromatic rings. The minimum Gasteiger partial charge on any atom is -0.324 e. The van der Waals surface area contributed by atoms with Gasteiger partial charge in [0.25, 0.3) is 5.91 Å². The molecule has 1 fully saturated rings. The van der Waals surface area contributed by atoms with Gasteiger partial charge in [0.15, 0.2) is 0 Å². The van der Waals surface area contributed by atoms with Crippen molar-refractivity contribution in [3.8, 4) is 0 Å². The first-order valence-corrected chi connectivity index (χ1v) is 8.02. The maximum Gasteiger partial charge on any atom is 0.259 e. The van der Waals surface area contributed by atoms with Gasteiger partial charge in [0, 0.05) is 30.3 Å². The molecule has 0 spiro atoms. The number of nitrogens with zero attached hydrogens (tertiary/aromatic N) is 2. The molecule has 2 aliphatic rings. The van der Waals surface area contributed by atoms with Crippen molar-refractivity contribution in [3.05, 3.63) is 53.9 Å². The molecule has 24 heavy (non-hydrogen) atoms. The Kier molecular flexibility index (Phi) is 3.35. The highest BCUT2D eigenvalue weighted by molar-refractivity contribution is 6.07. The monoisotopic (exact) mass is 322 g/mol. The van der Waals surface area contributed by atoms with E-state index in [0.29, 0.717) is 12.1 Å². The molecule has 0 bridgehead atoms. The first-order chi connectivity index (χ1) is 11.6. The number of hydrogen-bond acceptors (Lipinski definition) is 4. The van der Waals surface area contributed by atoms with Crippen LogP contribution in [0.1, 0.15) is 28.8 Å². The van der Waals surface area contributed by atoms with Crippen LogP contribution in [0.2, 0.25) is 0 Å². The van der Waals surface area contributed by atoms with E-state index in [2.05, 4.69) is 10.3 Å². The Morgan fingerprint density at radius 2 is 2.08 bits per heavy atom. The lowest BCUT2D eigenvalue weighted by molar-refractivity contribution is -0.118. The minimum atomic E-state index is -0.693. The molecule has 3 N–H and O–H groups in total. The van der Waals surface area contributed by atoms with E-state index >= 15 is 0 Å². The summed E-state index contributed by atoms with van der Waals surface area (Å²) in [6.45, 7) is 0.626. The van der Waals surface area contributed by atoms with Gasteiger partial charge in [-0.2, -0.15) is 0 Å². The summed E-state index contributed by atoms with van der Waals surface area (Å²) >= 11 is 0. The van der Waals surface area contributed by atoms with Crippen molar-refractivity contribution in [2.75, 3.05) is 16.8 Å². The van der Waals surface area contributed by atoms with Crippen molar-refractivity contribution in [2.45, 2.75) is 24.8 Å². The number of pyridine rings is 1. The topological polar surface area (TPSA) is 88.3 Å². The summed E-state index contributed by atoms with van der Waals surface area (Å²) in [5.74, 6) is -0.193. The number of nitrogens with two attached hydrogens (primary N) is 1. The average molecular weight is 322 g/mol. The van der Waals surface area contributed by atoms with Crippen LogP contribution in [0.5, 0.6) is 0 Å². The molecule has 1 aliphatic carbocycles. The number of rotatable bonds is 3. The van der Waals surface area contributed by atoms with Gasteiger partial charge >= 0.3 is 0 Å². The number of hydrogen-bond donors (Lipinski definition) is 2. The number of benzene rings is 1. The summed E-state index contributed by atoms with van der Waals surface area (Å²) in [4.78, 5) is 30.4. The van der Waals surface area contributed by atoms with E-state index in [4.69, 9.17) is 5.73 Å². The average Bonchev–Trinajstić information content (AvgIpc) is 3.22. The Hall–Kier alpha value is -2.73. The summed E-state index contributed by atoms with van der Waals surface area (Å²) in [5, 5.41) is 2.87. The van der Waals surface area contributed by atoms with Gasteiger partial charge in [-0.05, 0) is 55.2 Å². The molecule has 122 valence electrons. The van der Waals surface area contributed by atoms with E-state index in [-0.39, 0.29) is 11.8 Å². The maximum atomic E-state index is 12.6. The molecule has 0 atom stereocenters.